The minimum atomic E-state index is -1.98. The van der Waals surface area contributed by atoms with Gasteiger partial charge in [0, 0.05) is 6.42 Å². The number of hydrogen-bond acceptors (Lipinski definition) is 18. The van der Waals surface area contributed by atoms with Gasteiger partial charge in [0.1, 0.15) is 73.2 Å². The Kier molecular flexibility index (Phi) is 59.9. The smallest absolute Gasteiger partial charge is 0.220 e. The quantitative estimate of drug-likeness (QED) is 0.0199. The fourth-order valence-electron chi connectivity index (χ4n) is 14.6. The average molecular weight is 1470 g/mol. The second kappa shape index (κ2) is 64.8. The molecule has 0 aromatic rings. The molecule has 3 rings (SSSR count). The molecule has 606 valence electrons. The van der Waals surface area contributed by atoms with E-state index >= 15 is 0 Å². The number of carbonyl (C=O) groups excluding carboxylic acids is 1. The van der Waals surface area contributed by atoms with Gasteiger partial charge in [0.2, 0.25) is 5.91 Å². The van der Waals surface area contributed by atoms with Crippen LogP contribution in [-0.4, -0.2) is 193 Å². The summed E-state index contributed by atoms with van der Waals surface area (Å²) in [6.07, 6.45) is 54.6. The molecular weight excluding hydrogens is 1310 g/mol. The summed E-state index contributed by atoms with van der Waals surface area (Å²) in [6, 6.07) is -0.996. The lowest BCUT2D eigenvalue weighted by molar-refractivity contribution is -0.379. The topological polar surface area (TPSA) is 307 Å². The van der Waals surface area contributed by atoms with Crippen LogP contribution in [0.4, 0.5) is 0 Å². The van der Waals surface area contributed by atoms with Crippen molar-refractivity contribution in [3.05, 3.63) is 36.5 Å². The summed E-state index contributed by atoms with van der Waals surface area (Å²) in [5.41, 5.74) is 0. The molecule has 0 bridgehead atoms. The van der Waals surface area contributed by atoms with Crippen molar-refractivity contribution in [2.75, 3.05) is 26.4 Å². The van der Waals surface area contributed by atoms with Gasteiger partial charge in [0.25, 0.3) is 0 Å². The summed E-state index contributed by atoms with van der Waals surface area (Å²) in [5, 5.41) is 121. The molecular formula is C84H157NO18. The van der Waals surface area contributed by atoms with E-state index in [2.05, 4.69) is 43.5 Å². The highest BCUT2D eigenvalue weighted by atomic mass is 16.8. The van der Waals surface area contributed by atoms with Crippen molar-refractivity contribution in [1.82, 2.24) is 5.32 Å². The van der Waals surface area contributed by atoms with Gasteiger partial charge in [-0.15, -0.1) is 0 Å². The van der Waals surface area contributed by atoms with E-state index in [0.29, 0.717) is 12.8 Å². The van der Waals surface area contributed by atoms with Crippen LogP contribution in [0, 0.1) is 0 Å². The minimum absolute atomic E-state index is 0.236. The van der Waals surface area contributed by atoms with E-state index in [1.54, 1.807) is 6.08 Å². The van der Waals surface area contributed by atoms with Crippen LogP contribution in [0.5, 0.6) is 0 Å². The van der Waals surface area contributed by atoms with Crippen LogP contribution >= 0.6 is 0 Å². The van der Waals surface area contributed by atoms with E-state index < -0.39 is 124 Å². The molecule has 0 aromatic heterocycles. The lowest BCUT2D eigenvalue weighted by atomic mass is 9.96. The lowest BCUT2D eigenvalue weighted by Crippen LogP contribution is -2.66. The molecule has 17 atom stereocenters. The highest BCUT2D eigenvalue weighted by molar-refractivity contribution is 5.76. The first-order valence-corrected chi connectivity index (χ1v) is 42.7. The van der Waals surface area contributed by atoms with Crippen LogP contribution in [0.25, 0.3) is 0 Å². The van der Waals surface area contributed by atoms with E-state index in [1.165, 1.54) is 283 Å². The predicted molar refractivity (Wildman–Crippen MR) is 411 cm³/mol. The number of unbranched alkanes of at least 4 members (excludes halogenated alkanes) is 49. The van der Waals surface area contributed by atoms with Crippen LogP contribution in [0.15, 0.2) is 36.5 Å². The third kappa shape index (κ3) is 44.5. The maximum Gasteiger partial charge on any atom is 0.220 e. The summed E-state index contributed by atoms with van der Waals surface area (Å²) in [7, 11) is 0. The number of allylic oxidation sites excluding steroid dienone is 5. The van der Waals surface area contributed by atoms with E-state index in [-0.39, 0.29) is 18.9 Å². The molecule has 3 heterocycles. The molecule has 0 radical (unpaired) electrons. The fraction of sp³-hybridized carbons (Fsp3) is 0.917. The van der Waals surface area contributed by atoms with Crippen LogP contribution in [0.1, 0.15) is 361 Å². The zero-order valence-corrected chi connectivity index (χ0v) is 65.1. The van der Waals surface area contributed by atoms with Gasteiger partial charge in [-0.05, 0) is 44.9 Å². The Labute approximate surface area is 625 Å². The highest BCUT2D eigenvalue weighted by Gasteiger charge is 2.54. The van der Waals surface area contributed by atoms with Crippen molar-refractivity contribution in [1.29, 1.82) is 0 Å². The second-order valence-corrected chi connectivity index (χ2v) is 30.6. The summed E-state index contributed by atoms with van der Waals surface area (Å²) in [4.78, 5) is 13.5. The molecule has 19 nitrogen and oxygen atoms in total. The number of amides is 1. The van der Waals surface area contributed by atoms with Crippen LogP contribution in [0.2, 0.25) is 0 Å². The number of rotatable bonds is 69. The standard InChI is InChI=1S/C84H157NO18/c1-3-5-7-9-11-13-15-17-19-21-23-25-26-27-28-29-30-31-32-33-34-35-36-37-38-39-40-41-42-44-46-48-50-52-54-56-58-60-62-72(90)85-67(68(89)61-59-57-55-53-51-49-47-45-43-24-22-20-18-16-14-12-10-8-6-4-2)66-98-82-78(96)75(93)80(70(64-87)100-82)103-84-79(97)76(94)81(71(65-88)101-84)102-83-77(95)74(92)73(91)69(63-86)99-83/h43,45,51,53,59,61,67-71,73-84,86-89,91-97H,3-42,44,46-50,52,54-58,60,62-66H2,1-2H3,(H,85,90)/b45-43+,53-51+,61-59+. The second-order valence-electron chi connectivity index (χ2n) is 30.6. The molecule has 1 amide bonds. The highest BCUT2D eigenvalue weighted by Crippen LogP contribution is 2.33. The predicted octanol–water partition coefficient (Wildman–Crippen LogP) is 15.1. The van der Waals surface area contributed by atoms with Crippen molar-refractivity contribution in [3.63, 3.8) is 0 Å². The molecule has 17 unspecified atom stereocenters. The van der Waals surface area contributed by atoms with Crippen LogP contribution in [-0.2, 0) is 33.2 Å². The van der Waals surface area contributed by atoms with Crippen molar-refractivity contribution >= 4 is 5.91 Å². The number of aliphatic hydroxyl groups excluding tert-OH is 11. The Morgan fingerprint density at radius 3 is 0.971 bits per heavy atom. The first-order chi connectivity index (χ1) is 50.3. The number of hydrogen-bond donors (Lipinski definition) is 12. The van der Waals surface area contributed by atoms with Crippen molar-refractivity contribution in [2.45, 2.75) is 465 Å². The Bertz CT molecular complexity index is 2000. The molecule has 0 aromatic carbocycles. The van der Waals surface area contributed by atoms with E-state index in [4.69, 9.17) is 28.4 Å². The van der Waals surface area contributed by atoms with Gasteiger partial charge in [-0.1, -0.05) is 346 Å². The first-order valence-electron chi connectivity index (χ1n) is 42.7. The number of nitrogens with one attached hydrogen (secondary N) is 1. The van der Waals surface area contributed by atoms with Crippen molar-refractivity contribution in [3.8, 4) is 0 Å². The molecule has 0 saturated carbocycles. The molecule has 3 saturated heterocycles. The Morgan fingerprint density at radius 1 is 0.340 bits per heavy atom. The number of ether oxygens (including phenoxy) is 6. The van der Waals surface area contributed by atoms with E-state index in [9.17, 15) is 61.0 Å². The van der Waals surface area contributed by atoms with Crippen LogP contribution < -0.4 is 5.32 Å². The van der Waals surface area contributed by atoms with Gasteiger partial charge in [0.15, 0.2) is 18.9 Å². The summed E-state index contributed by atoms with van der Waals surface area (Å²) in [6.45, 7) is 1.76. The average Bonchev–Trinajstić information content (AvgIpc) is 0.781. The molecule has 19 heteroatoms. The fourth-order valence-corrected chi connectivity index (χ4v) is 14.6. The molecule has 3 fully saturated rings. The normalized spacial score (nSPS) is 26.2. The Hall–Kier alpha value is -1.99. The maximum absolute atomic E-state index is 13.5. The third-order valence-electron chi connectivity index (χ3n) is 21.4. The molecule has 12 N–H and O–H groups in total. The maximum atomic E-state index is 13.5. The number of aliphatic hydroxyl groups is 11. The van der Waals surface area contributed by atoms with Gasteiger partial charge >= 0.3 is 0 Å². The van der Waals surface area contributed by atoms with E-state index in [0.717, 1.165) is 44.9 Å². The van der Waals surface area contributed by atoms with Gasteiger partial charge in [-0.3, -0.25) is 4.79 Å². The van der Waals surface area contributed by atoms with Crippen LogP contribution in [0.3, 0.4) is 0 Å². The van der Waals surface area contributed by atoms with E-state index in [1.807, 2.05) is 6.08 Å². The summed E-state index contributed by atoms with van der Waals surface area (Å²) in [5.74, 6) is -0.282. The molecule has 3 aliphatic rings. The van der Waals surface area contributed by atoms with Crippen molar-refractivity contribution < 1.29 is 89.4 Å². The zero-order chi connectivity index (χ0) is 74.6. The minimum Gasteiger partial charge on any atom is -0.394 e. The van der Waals surface area contributed by atoms with Gasteiger partial charge in [0.05, 0.1) is 38.6 Å². The number of carbonyl (C=O) groups is 1. The molecule has 0 aliphatic carbocycles. The zero-order valence-electron chi connectivity index (χ0n) is 65.1. The molecule has 103 heavy (non-hydrogen) atoms. The summed E-state index contributed by atoms with van der Waals surface area (Å²) < 4.78 is 34.4. The third-order valence-corrected chi connectivity index (χ3v) is 21.4. The SMILES string of the molecule is CCCCCCCCCCCC/C=C/CC/C=C/CC/C=C/C(O)C(COC1OC(CO)C(OC2OC(CO)C(OC3OC(CO)C(O)C(O)C3O)C(O)C2O)C(O)C1O)NC(=O)CCCCCCCCCCCCCCCCCCCCCCCCCCCCCCCCCCCCCCCC. The Balaban J connectivity index is 1.31. The largest absolute Gasteiger partial charge is 0.394 e. The molecule has 0 spiro atoms. The Morgan fingerprint density at radius 2 is 0.621 bits per heavy atom. The van der Waals surface area contributed by atoms with Gasteiger partial charge in [-0.2, -0.15) is 0 Å². The summed E-state index contributed by atoms with van der Waals surface area (Å²) >= 11 is 0. The first kappa shape index (κ1) is 95.2. The van der Waals surface area contributed by atoms with Gasteiger partial charge < -0.3 is 89.9 Å². The molecule has 3 aliphatic heterocycles. The van der Waals surface area contributed by atoms with Crippen molar-refractivity contribution in [2.24, 2.45) is 0 Å². The monoisotopic (exact) mass is 1470 g/mol. The lowest BCUT2D eigenvalue weighted by Gasteiger charge is -2.48. The van der Waals surface area contributed by atoms with Gasteiger partial charge in [-0.25, -0.2) is 0 Å².